The van der Waals surface area contributed by atoms with E-state index in [1.54, 1.807) is 0 Å². The van der Waals surface area contributed by atoms with E-state index >= 15 is 0 Å². The fourth-order valence-corrected chi connectivity index (χ4v) is 1.64. The number of pyridine rings is 1. The summed E-state index contributed by atoms with van der Waals surface area (Å²) < 4.78 is 0. The van der Waals surface area contributed by atoms with E-state index in [2.05, 4.69) is 10.5 Å². The average molecular weight is 245 g/mol. The van der Waals surface area contributed by atoms with Gasteiger partial charge < -0.3 is 5.73 Å². The predicted octanol–water partition coefficient (Wildman–Crippen LogP) is 1.05. The largest absolute Gasteiger partial charge is 0.368 e. The molecule has 2 aromatic rings. The molecule has 0 bridgehead atoms. The molecule has 1 aromatic heterocycles. The minimum absolute atomic E-state index is 0.131. The highest BCUT2D eigenvalue weighted by Gasteiger charge is 1.99. The van der Waals surface area contributed by atoms with Crippen LogP contribution in [0, 0.1) is 6.92 Å². The quantitative estimate of drug-likeness (QED) is 0.609. The second kappa shape index (κ2) is 5.57. The van der Waals surface area contributed by atoms with Crippen LogP contribution in [-0.2, 0) is 16.2 Å². The number of amides is 1. The van der Waals surface area contributed by atoms with Crippen molar-refractivity contribution in [3.63, 3.8) is 0 Å². The first-order chi connectivity index (χ1) is 8.65. The summed E-state index contributed by atoms with van der Waals surface area (Å²) in [5, 5.41) is 1.08. The van der Waals surface area contributed by atoms with Crippen LogP contribution in [0.5, 0.6) is 0 Å². The molecular formula is C13H15N3O2. The van der Waals surface area contributed by atoms with Crippen molar-refractivity contribution in [1.82, 2.24) is 10.5 Å². The minimum Gasteiger partial charge on any atom is -0.368 e. The van der Waals surface area contributed by atoms with Gasteiger partial charge in [-0.15, -0.1) is 0 Å². The molecule has 1 aromatic carbocycles. The molecule has 3 N–H and O–H groups in total. The Kier molecular flexibility index (Phi) is 3.86. The van der Waals surface area contributed by atoms with Gasteiger partial charge in [0, 0.05) is 17.6 Å². The number of aromatic nitrogens is 1. The standard InChI is InChI=1S/C13H15N3O2/c1-9-2-4-11-6-10(3-5-12(11)16-9)7-15-18-8-13(14)17/h2-6,15H,7-8H2,1H3,(H2,14,17). The van der Waals surface area contributed by atoms with E-state index in [0.717, 1.165) is 22.2 Å². The number of carbonyl (C=O) groups is 1. The van der Waals surface area contributed by atoms with Gasteiger partial charge in [-0.05, 0) is 30.7 Å². The van der Waals surface area contributed by atoms with Gasteiger partial charge in [0.25, 0.3) is 0 Å². The Bertz CT molecular complexity index is 569. The van der Waals surface area contributed by atoms with Crippen LogP contribution in [0.4, 0.5) is 0 Å². The normalized spacial score (nSPS) is 10.7. The molecule has 0 spiro atoms. The van der Waals surface area contributed by atoms with E-state index in [0.29, 0.717) is 6.54 Å². The van der Waals surface area contributed by atoms with Gasteiger partial charge in [-0.3, -0.25) is 14.6 Å². The number of nitrogens with zero attached hydrogens (tertiary/aromatic N) is 1. The van der Waals surface area contributed by atoms with Crippen molar-refractivity contribution in [1.29, 1.82) is 0 Å². The number of aryl methyl sites for hydroxylation is 1. The van der Waals surface area contributed by atoms with Crippen molar-refractivity contribution < 1.29 is 9.63 Å². The second-order valence-electron chi connectivity index (χ2n) is 4.06. The third-order valence-corrected chi connectivity index (χ3v) is 2.49. The first-order valence-corrected chi connectivity index (χ1v) is 5.64. The molecule has 5 heteroatoms. The number of nitrogens with one attached hydrogen (secondary N) is 1. The Balaban J connectivity index is 2.01. The summed E-state index contributed by atoms with van der Waals surface area (Å²) in [5.41, 5.74) is 10.7. The molecule has 0 fully saturated rings. The van der Waals surface area contributed by atoms with Crippen LogP contribution in [0.1, 0.15) is 11.3 Å². The number of hydroxylamine groups is 1. The summed E-state index contributed by atoms with van der Waals surface area (Å²) in [6.07, 6.45) is 0. The number of hydrogen-bond donors (Lipinski definition) is 2. The van der Waals surface area contributed by atoms with Gasteiger partial charge in [0.1, 0.15) is 6.61 Å². The minimum atomic E-state index is -0.499. The van der Waals surface area contributed by atoms with Crippen molar-refractivity contribution in [2.24, 2.45) is 5.73 Å². The molecule has 1 heterocycles. The van der Waals surface area contributed by atoms with Crippen molar-refractivity contribution in [3.8, 4) is 0 Å². The summed E-state index contributed by atoms with van der Waals surface area (Å²) in [4.78, 5) is 19.8. The van der Waals surface area contributed by atoms with Crippen LogP contribution >= 0.6 is 0 Å². The Hall–Kier alpha value is -1.98. The number of carbonyl (C=O) groups excluding carboxylic acids is 1. The maximum atomic E-state index is 10.5. The third-order valence-electron chi connectivity index (χ3n) is 2.49. The van der Waals surface area contributed by atoms with E-state index in [1.807, 2.05) is 37.3 Å². The topological polar surface area (TPSA) is 77.2 Å². The van der Waals surface area contributed by atoms with Crippen molar-refractivity contribution in [2.45, 2.75) is 13.5 Å². The average Bonchev–Trinajstić information content (AvgIpc) is 2.34. The third kappa shape index (κ3) is 3.26. The lowest BCUT2D eigenvalue weighted by molar-refractivity contribution is -0.125. The summed E-state index contributed by atoms with van der Waals surface area (Å²) in [5.74, 6) is -0.499. The summed E-state index contributed by atoms with van der Waals surface area (Å²) in [6.45, 7) is 2.35. The van der Waals surface area contributed by atoms with Crippen LogP contribution < -0.4 is 11.2 Å². The SMILES string of the molecule is Cc1ccc2cc(CNOCC(N)=O)ccc2n1. The zero-order valence-electron chi connectivity index (χ0n) is 10.1. The second-order valence-corrected chi connectivity index (χ2v) is 4.06. The fraction of sp³-hybridized carbons (Fsp3) is 0.231. The van der Waals surface area contributed by atoms with Crippen molar-refractivity contribution in [2.75, 3.05) is 6.61 Å². The lowest BCUT2D eigenvalue weighted by Gasteiger charge is -2.06. The van der Waals surface area contributed by atoms with Gasteiger partial charge in [0.15, 0.2) is 0 Å². The van der Waals surface area contributed by atoms with Gasteiger partial charge in [-0.1, -0.05) is 12.1 Å². The first-order valence-electron chi connectivity index (χ1n) is 5.64. The molecule has 0 radical (unpaired) electrons. The lowest BCUT2D eigenvalue weighted by Crippen LogP contribution is -2.24. The Morgan fingerprint density at radius 1 is 1.39 bits per heavy atom. The summed E-state index contributed by atoms with van der Waals surface area (Å²) in [6, 6.07) is 9.97. The van der Waals surface area contributed by atoms with Crippen molar-refractivity contribution >= 4 is 16.8 Å². The number of rotatable bonds is 5. The molecule has 18 heavy (non-hydrogen) atoms. The Morgan fingerprint density at radius 3 is 3.00 bits per heavy atom. The highest BCUT2D eigenvalue weighted by Crippen LogP contribution is 2.14. The van der Waals surface area contributed by atoms with Gasteiger partial charge in [0.2, 0.25) is 5.91 Å². The van der Waals surface area contributed by atoms with E-state index in [-0.39, 0.29) is 6.61 Å². The van der Waals surface area contributed by atoms with Gasteiger partial charge >= 0.3 is 0 Å². The van der Waals surface area contributed by atoms with Gasteiger partial charge in [0.05, 0.1) is 5.52 Å². The molecule has 0 unspecified atom stereocenters. The maximum Gasteiger partial charge on any atom is 0.245 e. The zero-order valence-corrected chi connectivity index (χ0v) is 10.1. The first kappa shape index (κ1) is 12.5. The van der Waals surface area contributed by atoms with E-state index in [1.165, 1.54) is 0 Å². The molecule has 5 nitrogen and oxygen atoms in total. The molecule has 2 rings (SSSR count). The van der Waals surface area contributed by atoms with Crippen LogP contribution in [0.2, 0.25) is 0 Å². The fourth-order valence-electron chi connectivity index (χ4n) is 1.64. The number of nitrogens with two attached hydrogens (primary N) is 1. The lowest BCUT2D eigenvalue weighted by atomic mass is 10.1. The van der Waals surface area contributed by atoms with Crippen molar-refractivity contribution in [3.05, 3.63) is 41.6 Å². The smallest absolute Gasteiger partial charge is 0.245 e. The highest BCUT2D eigenvalue weighted by atomic mass is 16.6. The summed E-state index contributed by atoms with van der Waals surface area (Å²) in [7, 11) is 0. The Morgan fingerprint density at radius 2 is 2.22 bits per heavy atom. The zero-order chi connectivity index (χ0) is 13.0. The molecule has 0 aliphatic carbocycles. The molecule has 0 saturated carbocycles. The van der Waals surface area contributed by atoms with E-state index in [9.17, 15) is 4.79 Å². The molecule has 0 aliphatic heterocycles. The molecular weight excluding hydrogens is 230 g/mol. The monoisotopic (exact) mass is 245 g/mol. The highest BCUT2D eigenvalue weighted by molar-refractivity contribution is 5.79. The molecule has 1 amide bonds. The number of hydrogen-bond acceptors (Lipinski definition) is 4. The molecule has 0 atom stereocenters. The molecule has 0 saturated heterocycles. The van der Waals surface area contributed by atoms with E-state index < -0.39 is 5.91 Å². The maximum absolute atomic E-state index is 10.5. The van der Waals surface area contributed by atoms with Gasteiger partial charge in [-0.2, -0.15) is 5.48 Å². The van der Waals surface area contributed by atoms with Crippen LogP contribution in [0.25, 0.3) is 10.9 Å². The van der Waals surface area contributed by atoms with Crippen LogP contribution in [0.3, 0.4) is 0 Å². The number of benzene rings is 1. The predicted molar refractivity (Wildman–Crippen MR) is 68.5 cm³/mol. The van der Waals surface area contributed by atoms with Crippen LogP contribution in [0.15, 0.2) is 30.3 Å². The van der Waals surface area contributed by atoms with E-state index in [4.69, 9.17) is 10.6 Å². The summed E-state index contributed by atoms with van der Waals surface area (Å²) >= 11 is 0. The molecule has 0 aliphatic rings. The van der Waals surface area contributed by atoms with Gasteiger partial charge in [-0.25, -0.2) is 0 Å². The Labute approximate surface area is 105 Å². The van der Waals surface area contributed by atoms with Crippen LogP contribution in [-0.4, -0.2) is 17.5 Å². The number of primary amides is 1. The number of fused-ring (bicyclic) bond motifs is 1. The molecule has 94 valence electrons.